The van der Waals surface area contributed by atoms with Gasteiger partial charge in [-0.3, -0.25) is 0 Å². The first kappa shape index (κ1) is 11.9. The van der Waals surface area contributed by atoms with Crippen molar-refractivity contribution in [3.05, 3.63) is 6.33 Å². The summed E-state index contributed by atoms with van der Waals surface area (Å²) in [4.78, 5) is 7.97. The monoisotopic (exact) mass is 238 g/mol. The lowest BCUT2D eigenvalue weighted by atomic mass is 10.1. The summed E-state index contributed by atoms with van der Waals surface area (Å²) in [6.45, 7) is 0.672. The van der Waals surface area contributed by atoms with Crippen LogP contribution in [0.15, 0.2) is 6.33 Å². The standard InChI is InChI=1S/C11H18N4O2/c1-17-11-9(12)10(14-6-15-11)13-5-7-3-2-4-8(7)16/h6-8,16H,2-5,12H2,1H3,(H,13,14,15). The number of nitrogens with two attached hydrogens (primary N) is 1. The van der Waals surface area contributed by atoms with Crippen LogP contribution in [0.2, 0.25) is 0 Å². The number of aliphatic hydroxyl groups excluding tert-OH is 1. The van der Waals surface area contributed by atoms with Crippen molar-refractivity contribution in [3.63, 3.8) is 0 Å². The van der Waals surface area contributed by atoms with Crippen LogP contribution in [0.5, 0.6) is 5.88 Å². The van der Waals surface area contributed by atoms with Crippen LogP contribution >= 0.6 is 0 Å². The Bertz CT molecular complexity index is 386. The zero-order chi connectivity index (χ0) is 12.3. The third-order valence-electron chi connectivity index (χ3n) is 3.19. The van der Waals surface area contributed by atoms with Crippen molar-refractivity contribution in [1.82, 2.24) is 9.97 Å². The minimum atomic E-state index is -0.215. The molecular weight excluding hydrogens is 220 g/mol. The van der Waals surface area contributed by atoms with Crippen molar-refractivity contribution >= 4 is 11.5 Å². The Hall–Kier alpha value is -1.56. The van der Waals surface area contributed by atoms with Gasteiger partial charge in [-0.05, 0) is 12.8 Å². The molecule has 94 valence electrons. The van der Waals surface area contributed by atoms with Gasteiger partial charge in [0.25, 0.3) is 0 Å². The molecule has 4 N–H and O–H groups in total. The summed E-state index contributed by atoms with van der Waals surface area (Å²) in [6.07, 6.45) is 4.19. The molecule has 2 atom stereocenters. The van der Waals surface area contributed by atoms with Gasteiger partial charge in [0, 0.05) is 12.5 Å². The van der Waals surface area contributed by atoms with E-state index in [9.17, 15) is 5.11 Å². The minimum absolute atomic E-state index is 0.215. The fraction of sp³-hybridized carbons (Fsp3) is 0.636. The highest BCUT2D eigenvalue weighted by molar-refractivity contribution is 5.66. The van der Waals surface area contributed by atoms with E-state index in [1.54, 1.807) is 0 Å². The highest BCUT2D eigenvalue weighted by Crippen LogP contribution is 2.28. The van der Waals surface area contributed by atoms with Crippen LogP contribution in [0.25, 0.3) is 0 Å². The lowest BCUT2D eigenvalue weighted by molar-refractivity contribution is 0.138. The van der Waals surface area contributed by atoms with E-state index in [2.05, 4.69) is 15.3 Å². The Morgan fingerprint density at radius 2 is 2.35 bits per heavy atom. The number of nitrogens with one attached hydrogen (secondary N) is 1. The van der Waals surface area contributed by atoms with Gasteiger partial charge in [-0.1, -0.05) is 6.42 Å². The molecule has 1 aliphatic carbocycles. The summed E-state index contributed by atoms with van der Waals surface area (Å²) in [5.41, 5.74) is 6.24. The molecule has 0 bridgehead atoms. The SMILES string of the molecule is COc1ncnc(NCC2CCCC2O)c1N. The smallest absolute Gasteiger partial charge is 0.242 e. The molecule has 1 heterocycles. The predicted molar refractivity (Wildman–Crippen MR) is 64.8 cm³/mol. The Labute approximate surface area is 100 Å². The number of aliphatic hydroxyl groups is 1. The third-order valence-corrected chi connectivity index (χ3v) is 3.19. The first-order valence-electron chi connectivity index (χ1n) is 5.78. The number of hydrogen-bond acceptors (Lipinski definition) is 6. The summed E-state index contributed by atoms with van der Waals surface area (Å²) < 4.78 is 5.01. The number of rotatable bonds is 4. The van der Waals surface area contributed by atoms with Crippen molar-refractivity contribution in [2.24, 2.45) is 5.92 Å². The summed E-state index contributed by atoms with van der Waals surface area (Å²) in [5.74, 6) is 1.21. The fourth-order valence-corrected chi connectivity index (χ4v) is 2.17. The van der Waals surface area contributed by atoms with E-state index in [4.69, 9.17) is 10.5 Å². The zero-order valence-corrected chi connectivity index (χ0v) is 9.89. The average Bonchev–Trinajstić information content (AvgIpc) is 2.74. The molecule has 2 unspecified atom stereocenters. The van der Waals surface area contributed by atoms with Gasteiger partial charge in [-0.2, -0.15) is 4.98 Å². The van der Waals surface area contributed by atoms with Gasteiger partial charge >= 0.3 is 0 Å². The molecule has 0 aliphatic heterocycles. The second-order valence-electron chi connectivity index (χ2n) is 4.28. The van der Waals surface area contributed by atoms with Crippen LogP contribution in [0.4, 0.5) is 11.5 Å². The van der Waals surface area contributed by atoms with E-state index in [0.717, 1.165) is 19.3 Å². The predicted octanol–water partition coefficient (Wildman–Crippen LogP) is 0.640. The van der Waals surface area contributed by atoms with Gasteiger partial charge in [-0.15, -0.1) is 0 Å². The second kappa shape index (κ2) is 5.18. The van der Waals surface area contributed by atoms with Crippen LogP contribution in [0, 0.1) is 5.92 Å². The Balaban J connectivity index is 1.99. The van der Waals surface area contributed by atoms with Crippen molar-refractivity contribution in [3.8, 4) is 5.88 Å². The lowest BCUT2D eigenvalue weighted by Gasteiger charge is -2.16. The van der Waals surface area contributed by atoms with E-state index in [-0.39, 0.29) is 12.0 Å². The second-order valence-corrected chi connectivity index (χ2v) is 4.28. The first-order valence-corrected chi connectivity index (χ1v) is 5.78. The van der Waals surface area contributed by atoms with Crippen molar-refractivity contribution in [2.45, 2.75) is 25.4 Å². The normalized spacial score (nSPS) is 23.6. The molecule has 1 aliphatic rings. The number of nitrogen functional groups attached to an aromatic ring is 1. The quantitative estimate of drug-likeness (QED) is 0.712. The molecule has 0 spiro atoms. The number of aromatic nitrogens is 2. The first-order chi connectivity index (χ1) is 8.22. The van der Waals surface area contributed by atoms with Crippen LogP contribution in [0.1, 0.15) is 19.3 Å². The average molecular weight is 238 g/mol. The maximum atomic E-state index is 9.71. The minimum Gasteiger partial charge on any atom is -0.479 e. The van der Waals surface area contributed by atoms with Gasteiger partial charge in [0.15, 0.2) is 5.82 Å². The molecule has 0 saturated heterocycles. The fourth-order valence-electron chi connectivity index (χ4n) is 2.17. The summed E-state index contributed by atoms with van der Waals surface area (Å²) in [6, 6.07) is 0. The Morgan fingerprint density at radius 3 is 3.00 bits per heavy atom. The highest BCUT2D eigenvalue weighted by Gasteiger charge is 2.25. The summed E-state index contributed by atoms with van der Waals surface area (Å²) in [7, 11) is 1.52. The molecule has 1 aromatic rings. The van der Waals surface area contributed by atoms with E-state index in [0.29, 0.717) is 23.9 Å². The molecule has 1 fully saturated rings. The molecule has 6 nitrogen and oxygen atoms in total. The van der Waals surface area contributed by atoms with Crippen LogP contribution < -0.4 is 15.8 Å². The number of methoxy groups -OCH3 is 1. The van der Waals surface area contributed by atoms with Gasteiger partial charge < -0.3 is 20.9 Å². The number of hydrogen-bond donors (Lipinski definition) is 3. The molecule has 2 rings (SSSR count). The van der Waals surface area contributed by atoms with Gasteiger partial charge in [0.1, 0.15) is 12.0 Å². The largest absolute Gasteiger partial charge is 0.479 e. The summed E-state index contributed by atoms with van der Waals surface area (Å²) in [5, 5.41) is 12.9. The third kappa shape index (κ3) is 2.58. The van der Waals surface area contributed by atoms with Crippen LogP contribution in [-0.4, -0.2) is 34.8 Å². The number of ether oxygens (including phenoxy) is 1. The molecular formula is C11H18N4O2. The molecule has 0 aromatic carbocycles. The molecule has 6 heteroatoms. The topological polar surface area (TPSA) is 93.3 Å². The molecule has 1 saturated carbocycles. The van der Waals surface area contributed by atoms with Crippen molar-refractivity contribution < 1.29 is 9.84 Å². The van der Waals surface area contributed by atoms with Gasteiger partial charge in [0.05, 0.1) is 13.2 Å². The maximum absolute atomic E-state index is 9.71. The van der Waals surface area contributed by atoms with Crippen LogP contribution in [-0.2, 0) is 0 Å². The van der Waals surface area contributed by atoms with E-state index in [1.165, 1.54) is 13.4 Å². The molecule has 0 amide bonds. The molecule has 17 heavy (non-hydrogen) atoms. The van der Waals surface area contributed by atoms with E-state index >= 15 is 0 Å². The Morgan fingerprint density at radius 1 is 1.53 bits per heavy atom. The maximum Gasteiger partial charge on any atom is 0.242 e. The van der Waals surface area contributed by atoms with Gasteiger partial charge in [-0.25, -0.2) is 4.98 Å². The zero-order valence-electron chi connectivity index (χ0n) is 9.89. The van der Waals surface area contributed by atoms with Gasteiger partial charge in [0.2, 0.25) is 5.88 Å². The highest BCUT2D eigenvalue weighted by atomic mass is 16.5. The number of anilines is 2. The lowest BCUT2D eigenvalue weighted by Crippen LogP contribution is -2.22. The van der Waals surface area contributed by atoms with E-state index < -0.39 is 0 Å². The van der Waals surface area contributed by atoms with E-state index in [1.807, 2.05) is 0 Å². The molecule has 1 aromatic heterocycles. The van der Waals surface area contributed by atoms with Crippen molar-refractivity contribution in [1.29, 1.82) is 0 Å². The van der Waals surface area contributed by atoms with Crippen LogP contribution in [0.3, 0.4) is 0 Å². The number of nitrogens with zero attached hydrogens (tertiary/aromatic N) is 2. The Kier molecular flexibility index (Phi) is 3.63. The summed E-state index contributed by atoms with van der Waals surface area (Å²) >= 11 is 0. The molecule has 0 radical (unpaired) electrons. The van der Waals surface area contributed by atoms with Crippen molar-refractivity contribution in [2.75, 3.05) is 24.7 Å².